The molecule has 0 aliphatic carbocycles. The average Bonchev–Trinajstić information content (AvgIpc) is 3.29. The lowest BCUT2D eigenvalue weighted by atomic mass is 9.92. The van der Waals surface area contributed by atoms with E-state index in [2.05, 4.69) is 40.9 Å². The third-order valence-electron chi connectivity index (χ3n) is 5.60. The third kappa shape index (κ3) is 4.85. The molecule has 3 heterocycles. The van der Waals surface area contributed by atoms with Gasteiger partial charge in [0.05, 0.1) is 12.2 Å². The molecule has 1 aliphatic heterocycles. The second-order valence-electron chi connectivity index (χ2n) is 9.09. The molecule has 1 aromatic carbocycles. The summed E-state index contributed by atoms with van der Waals surface area (Å²) in [6, 6.07) is 11.7. The van der Waals surface area contributed by atoms with Crippen LogP contribution in [0.1, 0.15) is 49.2 Å². The Bertz CT molecular complexity index is 1030. The minimum atomic E-state index is -0.0882. The van der Waals surface area contributed by atoms with Crippen LogP contribution in [0.15, 0.2) is 40.9 Å². The summed E-state index contributed by atoms with van der Waals surface area (Å²) in [5, 5.41) is 8.69. The van der Waals surface area contributed by atoms with Crippen LogP contribution in [0.3, 0.4) is 0 Å². The lowest BCUT2D eigenvalue weighted by Crippen LogP contribution is -2.36. The van der Waals surface area contributed by atoms with Crippen molar-refractivity contribution in [3.8, 4) is 11.5 Å². The molecule has 1 fully saturated rings. The average molecular weight is 423 g/mol. The van der Waals surface area contributed by atoms with Gasteiger partial charge < -0.3 is 9.42 Å². The maximum absolute atomic E-state index is 13.1. The Morgan fingerprint density at radius 1 is 1.10 bits per heavy atom. The maximum Gasteiger partial charge on any atom is 0.272 e. The molecule has 2 aromatic heterocycles. The van der Waals surface area contributed by atoms with Gasteiger partial charge in [0.2, 0.25) is 0 Å². The van der Waals surface area contributed by atoms with Gasteiger partial charge in [-0.15, -0.1) is 0 Å². The number of carbonyl (C=O) groups is 1. The molecule has 0 bridgehead atoms. The van der Waals surface area contributed by atoms with Gasteiger partial charge in [0, 0.05) is 44.2 Å². The highest BCUT2D eigenvalue weighted by molar-refractivity contribution is 5.92. The van der Waals surface area contributed by atoms with Crippen molar-refractivity contribution in [3.05, 3.63) is 53.6 Å². The van der Waals surface area contributed by atoms with Crippen LogP contribution in [0.25, 0.3) is 11.5 Å². The van der Waals surface area contributed by atoms with E-state index >= 15 is 0 Å². The van der Waals surface area contributed by atoms with E-state index in [1.54, 1.807) is 4.68 Å². The molecular weight excluding hydrogens is 392 g/mol. The zero-order valence-electron chi connectivity index (χ0n) is 18.7. The van der Waals surface area contributed by atoms with Crippen LogP contribution in [0.4, 0.5) is 0 Å². The van der Waals surface area contributed by atoms with E-state index in [1.165, 1.54) is 0 Å². The first-order valence-corrected chi connectivity index (χ1v) is 10.8. The van der Waals surface area contributed by atoms with Crippen LogP contribution in [-0.4, -0.2) is 61.8 Å². The topological polar surface area (TPSA) is 80.3 Å². The molecule has 1 aliphatic rings. The lowest BCUT2D eigenvalue weighted by Gasteiger charge is -2.21. The molecule has 8 nitrogen and oxygen atoms in total. The molecule has 3 aromatic rings. The van der Waals surface area contributed by atoms with Crippen molar-refractivity contribution in [2.45, 2.75) is 39.2 Å². The summed E-state index contributed by atoms with van der Waals surface area (Å²) in [4.78, 5) is 21.9. The highest BCUT2D eigenvalue weighted by Gasteiger charge is 2.26. The Morgan fingerprint density at radius 2 is 1.87 bits per heavy atom. The highest BCUT2D eigenvalue weighted by atomic mass is 16.5. The van der Waals surface area contributed by atoms with Gasteiger partial charge in [-0.2, -0.15) is 10.1 Å². The van der Waals surface area contributed by atoms with Crippen LogP contribution >= 0.6 is 0 Å². The number of hydrogen-bond acceptors (Lipinski definition) is 6. The molecule has 1 saturated heterocycles. The number of hydrogen-bond donors (Lipinski definition) is 0. The van der Waals surface area contributed by atoms with Gasteiger partial charge in [-0.1, -0.05) is 44.1 Å². The Labute approximate surface area is 182 Å². The normalized spacial score (nSPS) is 15.8. The standard InChI is InChI=1S/C23H30N6O2/c1-23(2,3)19-15-18(27(4)25-19)22(30)29-12-8-11-28(13-14-29)16-20-24-21(31-26-20)17-9-6-5-7-10-17/h5-7,9-10,15H,8,11-14,16H2,1-4H3. The minimum absolute atomic E-state index is 0.0401. The van der Waals surface area contributed by atoms with Crippen LogP contribution in [0.2, 0.25) is 0 Å². The fraction of sp³-hybridized carbons (Fsp3) is 0.478. The highest BCUT2D eigenvalue weighted by Crippen LogP contribution is 2.22. The van der Waals surface area contributed by atoms with E-state index in [4.69, 9.17) is 4.52 Å². The number of aromatic nitrogens is 4. The first-order chi connectivity index (χ1) is 14.8. The predicted octanol–water partition coefficient (Wildman–Crippen LogP) is 3.12. The van der Waals surface area contributed by atoms with Crippen molar-refractivity contribution in [1.29, 1.82) is 0 Å². The molecule has 0 unspecified atom stereocenters. The third-order valence-corrected chi connectivity index (χ3v) is 5.60. The Hall–Kier alpha value is -3.00. The van der Waals surface area contributed by atoms with Crippen molar-refractivity contribution < 1.29 is 9.32 Å². The molecule has 0 spiro atoms. The van der Waals surface area contributed by atoms with Crippen molar-refractivity contribution >= 4 is 5.91 Å². The van der Waals surface area contributed by atoms with Crippen LogP contribution in [-0.2, 0) is 19.0 Å². The largest absolute Gasteiger partial charge is 0.336 e. The van der Waals surface area contributed by atoms with Gasteiger partial charge in [0.15, 0.2) is 5.82 Å². The fourth-order valence-corrected chi connectivity index (χ4v) is 3.74. The van der Waals surface area contributed by atoms with Gasteiger partial charge in [-0.25, -0.2) is 0 Å². The van der Waals surface area contributed by atoms with Gasteiger partial charge in [-0.05, 0) is 24.6 Å². The monoisotopic (exact) mass is 422 g/mol. The molecule has 8 heteroatoms. The Balaban J connectivity index is 1.38. The predicted molar refractivity (Wildman–Crippen MR) is 117 cm³/mol. The molecule has 0 saturated carbocycles. The second-order valence-corrected chi connectivity index (χ2v) is 9.09. The summed E-state index contributed by atoms with van der Waals surface area (Å²) < 4.78 is 7.13. The number of carbonyl (C=O) groups excluding carboxylic acids is 1. The number of nitrogens with zero attached hydrogens (tertiary/aromatic N) is 6. The number of rotatable bonds is 4. The zero-order valence-corrected chi connectivity index (χ0v) is 18.7. The summed E-state index contributed by atoms with van der Waals surface area (Å²) in [7, 11) is 1.84. The minimum Gasteiger partial charge on any atom is -0.336 e. The molecule has 0 N–H and O–H groups in total. The van der Waals surface area contributed by atoms with E-state index in [9.17, 15) is 4.79 Å². The molecule has 164 valence electrons. The number of benzene rings is 1. The van der Waals surface area contributed by atoms with Gasteiger partial charge in [-0.3, -0.25) is 14.4 Å². The number of amides is 1. The molecule has 0 radical (unpaired) electrons. The summed E-state index contributed by atoms with van der Waals surface area (Å²) in [6.45, 7) is 9.98. The summed E-state index contributed by atoms with van der Waals surface area (Å²) in [6.07, 6.45) is 0.902. The van der Waals surface area contributed by atoms with Gasteiger partial charge >= 0.3 is 0 Å². The van der Waals surface area contributed by atoms with Crippen LogP contribution in [0, 0.1) is 0 Å². The smallest absolute Gasteiger partial charge is 0.272 e. The van der Waals surface area contributed by atoms with Gasteiger partial charge in [0.25, 0.3) is 11.8 Å². The lowest BCUT2D eigenvalue weighted by molar-refractivity contribution is 0.0750. The quantitative estimate of drug-likeness (QED) is 0.643. The van der Waals surface area contributed by atoms with Crippen molar-refractivity contribution in [2.24, 2.45) is 7.05 Å². The second kappa shape index (κ2) is 8.63. The molecule has 1 amide bonds. The van der Waals surface area contributed by atoms with Crippen LogP contribution < -0.4 is 0 Å². The molecular formula is C23H30N6O2. The maximum atomic E-state index is 13.1. The van der Waals surface area contributed by atoms with E-state index in [-0.39, 0.29) is 11.3 Å². The van der Waals surface area contributed by atoms with Crippen molar-refractivity contribution in [1.82, 2.24) is 29.7 Å². The van der Waals surface area contributed by atoms with E-state index < -0.39 is 0 Å². The first-order valence-electron chi connectivity index (χ1n) is 10.8. The molecule has 4 rings (SSSR count). The van der Waals surface area contributed by atoms with E-state index in [0.717, 1.165) is 37.3 Å². The van der Waals surface area contributed by atoms with E-state index in [0.29, 0.717) is 30.5 Å². The summed E-state index contributed by atoms with van der Waals surface area (Å²) in [5.74, 6) is 1.24. The van der Waals surface area contributed by atoms with Crippen molar-refractivity contribution in [3.63, 3.8) is 0 Å². The molecule has 0 atom stereocenters. The zero-order chi connectivity index (χ0) is 22.0. The van der Waals surface area contributed by atoms with Crippen LogP contribution in [0.5, 0.6) is 0 Å². The Kier molecular flexibility index (Phi) is 5.91. The summed E-state index contributed by atoms with van der Waals surface area (Å²) >= 11 is 0. The SMILES string of the molecule is Cn1nc(C(C)(C)C)cc1C(=O)N1CCCN(Cc2noc(-c3ccccc3)n2)CC1. The summed E-state index contributed by atoms with van der Waals surface area (Å²) in [5.41, 5.74) is 2.40. The fourth-order valence-electron chi connectivity index (χ4n) is 3.74. The van der Waals surface area contributed by atoms with Gasteiger partial charge in [0.1, 0.15) is 5.69 Å². The first kappa shape index (κ1) is 21.2. The molecule has 31 heavy (non-hydrogen) atoms. The van der Waals surface area contributed by atoms with E-state index in [1.807, 2.05) is 48.3 Å². The Morgan fingerprint density at radius 3 is 2.58 bits per heavy atom. The van der Waals surface area contributed by atoms with Crippen molar-refractivity contribution in [2.75, 3.05) is 26.2 Å². The number of aryl methyl sites for hydroxylation is 1.